The highest BCUT2D eigenvalue weighted by molar-refractivity contribution is 7.10. The van der Waals surface area contributed by atoms with E-state index in [0.29, 0.717) is 0 Å². The maximum Gasteiger partial charge on any atom is 0.0976 e. The first kappa shape index (κ1) is 21.8. The first-order chi connectivity index (χ1) is 15.0. The van der Waals surface area contributed by atoms with E-state index in [9.17, 15) is 0 Å². The van der Waals surface area contributed by atoms with Gasteiger partial charge in [0.1, 0.15) is 0 Å². The zero-order chi connectivity index (χ0) is 21.8. The second-order valence-electron chi connectivity index (χ2n) is 8.73. The van der Waals surface area contributed by atoms with Crippen LogP contribution in [0.4, 0.5) is 5.69 Å². The molecule has 0 N–H and O–H groups in total. The molecule has 0 radical (unpaired) electrons. The smallest absolute Gasteiger partial charge is 0.0976 e. The number of aryl methyl sites for hydroxylation is 4. The average Bonchev–Trinajstić information content (AvgIpc) is 3.10. The molecule has 1 heterocycles. The Morgan fingerprint density at radius 2 is 1.84 bits per heavy atom. The molecule has 3 aromatic rings. The number of benzene rings is 2. The summed E-state index contributed by atoms with van der Waals surface area (Å²) in [5.41, 5.74) is 10.3. The van der Waals surface area contributed by atoms with Crippen molar-refractivity contribution in [2.75, 3.05) is 13.6 Å². The number of hydrogen-bond donors (Lipinski definition) is 0. The Balaban J connectivity index is 1.52. The van der Waals surface area contributed by atoms with Crippen LogP contribution in [0, 0.1) is 13.8 Å². The highest BCUT2D eigenvalue weighted by Crippen LogP contribution is 2.30. The minimum Gasteiger partial charge on any atom is -0.366 e. The molecule has 1 aliphatic carbocycles. The van der Waals surface area contributed by atoms with Gasteiger partial charge < -0.3 is 4.90 Å². The highest BCUT2D eigenvalue weighted by atomic mass is 32.1. The van der Waals surface area contributed by atoms with Crippen LogP contribution in [0.5, 0.6) is 0 Å². The summed E-state index contributed by atoms with van der Waals surface area (Å²) in [5.74, 6) is 0. The zero-order valence-corrected chi connectivity index (χ0v) is 20.1. The second-order valence-corrected chi connectivity index (χ2v) is 9.67. The van der Waals surface area contributed by atoms with Crippen molar-refractivity contribution < 1.29 is 0 Å². The van der Waals surface area contributed by atoms with E-state index in [0.717, 1.165) is 24.3 Å². The van der Waals surface area contributed by atoms with Gasteiger partial charge in [-0.15, -0.1) is 11.3 Å². The van der Waals surface area contributed by atoms with E-state index in [1.54, 1.807) is 11.3 Å². The number of nitrogens with zero attached hydrogens (tertiary/aromatic N) is 3. The van der Waals surface area contributed by atoms with Gasteiger partial charge in [0.25, 0.3) is 0 Å². The van der Waals surface area contributed by atoms with Crippen LogP contribution in [-0.2, 0) is 19.3 Å². The molecule has 0 atom stereocenters. The fourth-order valence-corrected chi connectivity index (χ4v) is 5.02. The van der Waals surface area contributed by atoms with Gasteiger partial charge >= 0.3 is 0 Å². The number of hydrogen-bond acceptors (Lipinski definition) is 3. The summed E-state index contributed by atoms with van der Waals surface area (Å²) in [6, 6.07) is 11.5. The van der Waals surface area contributed by atoms with Gasteiger partial charge in [-0.2, -0.15) is 0 Å². The SMILES string of the molecule is CCN(C)C=Nc1cc(C)c(Cc2nc(-c3ccc4c(c3)CCCCC4)cs2)cc1C. The van der Waals surface area contributed by atoms with Crippen molar-refractivity contribution in [2.45, 2.75) is 59.3 Å². The quantitative estimate of drug-likeness (QED) is 0.241. The molecule has 0 fully saturated rings. The maximum atomic E-state index is 4.99. The van der Waals surface area contributed by atoms with E-state index in [1.165, 1.54) is 70.5 Å². The second kappa shape index (κ2) is 9.78. The summed E-state index contributed by atoms with van der Waals surface area (Å²) in [5, 5.41) is 3.39. The lowest BCUT2D eigenvalue weighted by atomic mass is 9.99. The maximum absolute atomic E-state index is 4.99. The van der Waals surface area contributed by atoms with Gasteiger partial charge in [-0.25, -0.2) is 9.98 Å². The van der Waals surface area contributed by atoms with E-state index in [1.807, 2.05) is 13.4 Å². The lowest BCUT2D eigenvalue weighted by Crippen LogP contribution is -2.14. The third-order valence-electron chi connectivity index (χ3n) is 6.33. The van der Waals surface area contributed by atoms with Gasteiger partial charge in [0.2, 0.25) is 0 Å². The molecule has 3 nitrogen and oxygen atoms in total. The molecule has 0 unspecified atom stereocenters. The predicted molar refractivity (Wildman–Crippen MR) is 134 cm³/mol. The Bertz CT molecular complexity index is 1080. The molecule has 1 aliphatic rings. The Kier molecular flexibility index (Phi) is 6.86. The normalized spacial score (nSPS) is 13.9. The van der Waals surface area contributed by atoms with Crippen molar-refractivity contribution in [2.24, 2.45) is 4.99 Å². The molecule has 2 aromatic carbocycles. The zero-order valence-electron chi connectivity index (χ0n) is 19.2. The van der Waals surface area contributed by atoms with E-state index >= 15 is 0 Å². The Morgan fingerprint density at radius 3 is 2.65 bits per heavy atom. The van der Waals surface area contributed by atoms with Gasteiger partial charge in [-0.3, -0.25) is 0 Å². The summed E-state index contributed by atoms with van der Waals surface area (Å²) in [7, 11) is 2.05. The van der Waals surface area contributed by atoms with Crippen molar-refractivity contribution in [3.8, 4) is 11.3 Å². The lowest BCUT2D eigenvalue weighted by molar-refractivity contribution is 0.552. The molecule has 0 bridgehead atoms. The van der Waals surface area contributed by atoms with Crippen LogP contribution >= 0.6 is 11.3 Å². The number of fused-ring (bicyclic) bond motifs is 1. The molecule has 162 valence electrons. The first-order valence-electron chi connectivity index (χ1n) is 11.4. The van der Waals surface area contributed by atoms with Crippen molar-refractivity contribution in [1.29, 1.82) is 0 Å². The van der Waals surface area contributed by atoms with Crippen LogP contribution in [0.3, 0.4) is 0 Å². The third-order valence-corrected chi connectivity index (χ3v) is 7.18. The minimum atomic E-state index is 0.876. The van der Waals surface area contributed by atoms with Crippen molar-refractivity contribution >= 4 is 23.4 Å². The van der Waals surface area contributed by atoms with E-state index in [-0.39, 0.29) is 0 Å². The highest BCUT2D eigenvalue weighted by Gasteiger charge is 2.12. The Morgan fingerprint density at radius 1 is 1.03 bits per heavy atom. The van der Waals surface area contributed by atoms with Crippen LogP contribution in [0.15, 0.2) is 40.7 Å². The van der Waals surface area contributed by atoms with E-state index < -0.39 is 0 Å². The predicted octanol–water partition coefficient (Wildman–Crippen LogP) is 6.90. The monoisotopic (exact) mass is 431 g/mol. The fraction of sp³-hybridized carbons (Fsp3) is 0.407. The number of rotatable bonds is 6. The average molecular weight is 432 g/mol. The fourth-order valence-electron chi connectivity index (χ4n) is 4.19. The molecule has 31 heavy (non-hydrogen) atoms. The molecule has 0 saturated carbocycles. The first-order valence-corrected chi connectivity index (χ1v) is 12.3. The van der Waals surface area contributed by atoms with Gasteiger partial charge in [-0.05, 0) is 86.4 Å². The summed E-state index contributed by atoms with van der Waals surface area (Å²) in [6.07, 6.45) is 9.21. The van der Waals surface area contributed by atoms with Crippen LogP contribution < -0.4 is 0 Å². The number of aliphatic imine (C=N–C) groups is 1. The third kappa shape index (κ3) is 5.24. The van der Waals surface area contributed by atoms with Crippen LogP contribution in [0.2, 0.25) is 0 Å². The molecular formula is C27H33N3S. The molecule has 1 aromatic heterocycles. The summed E-state index contributed by atoms with van der Waals surface area (Å²) in [6.45, 7) is 7.40. The molecule has 0 spiro atoms. The van der Waals surface area contributed by atoms with Crippen molar-refractivity contribution in [3.05, 3.63) is 68.5 Å². The van der Waals surface area contributed by atoms with Gasteiger partial charge in [0.05, 0.1) is 22.7 Å². The minimum absolute atomic E-state index is 0.876. The Labute approximate surface area is 190 Å². The summed E-state index contributed by atoms with van der Waals surface area (Å²) < 4.78 is 0. The van der Waals surface area contributed by atoms with Gasteiger partial charge in [-0.1, -0.05) is 24.6 Å². The lowest BCUT2D eigenvalue weighted by Gasteiger charge is -2.11. The van der Waals surface area contributed by atoms with Crippen molar-refractivity contribution in [3.63, 3.8) is 0 Å². The van der Waals surface area contributed by atoms with Crippen molar-refractivity contribution in [1.82, 2.24) is 9.88 Å². The Hall–Kier alpha value is -2.46. The number of thiazole rings is 1. The summed E-state index contributed by atoms with van der Waals surface area (Å²) in [4.78, 5) is 11.7. The molecule has 4 rings (SSSR count). The molecule has 0 saturated heterocycles. The van der Waals surface area contributed by atoms with Crippen LogP contribution in [0.25, 0.3) is 11.3 Å². The van der Waals surface area contributed by atoms with Crippen LogP contribution in [-0.4, -0.2) is 29.8 Å². The molecule has 0 amide bonds. The standard InChI is InChI=1S/C27H33N3S/c1-5-30(4)18-28-25-14-19(2)24(13-20(25)3)16-27-29-26(17-31-27)23-12-11-21-9-7-6-8-10-22(21)15-23/h11-15,17-18H,5-10,16H2,1-4H3. The van der Waals surface area contributed by atoms with Gasteiger partial charge in [0.15, 0.2) is 0 Å². The van der Waals surface area contributed by atoms with Crippen LogP contribution in [0.1, 0.15) is 59.0 Å². The van der Waals surface area contributed by atoms with E-state index in [4.69, 9.17) is 4.98 Å². The largest absolute Gasteiger partial charge is 0.366 e. The van der Waals surface area contributed by atoms with Gasteiger partial charge in [0, 0.05) is 31.0 Å². The topological polar surface area (TPSA) is 28.5 Å². The van der Waals surface area contributed by atoms with E-state index in [2.05, 4.69) is 66.4 Å². The summed E-state index contributed by atoms with van der Waals surface area (Å²) >= 11 is 1.77. The molecular weight excluding hydrogens is 398 g/mol. The number of aromatic nitrogens is 1. The molecule has 4 heteroatoms. The molecule has 0 aliphatic heterocycles.